The predicted octanol–water partition coefficient (Wildman–Crippen LogP) is 4.13. The molecule has 0 bridgehead atoms. The highest BCUT2D eigenvalue weighted by atomic mass is 32.2. The van der Waals surface area contributed by atoms with Crippen molar-refractivity contribution in [2.75, 3.05) is 0 Å². The molecule has 0 aromatic heterocycles. The lowest BCUT2D eigenvalue weighted by molar-refractivity contribution is 0.595. The molecule has 0 fully saturated rings. The van der Waals surface area contributed by atoms with Gasteiger partial charge in [0.15, 0.2) is 0 Å². The van der Waals surface area contributed by atoms with Crippen LogP contribution in [0.1, 0.15) is 42.9 Å². The van der Waals surface area contributed by atoms with Crippen molar-refractivity contribution in [3.63, 3.8) is 0 Å². The Balaban J connectivity index is 2.11. The first kappa shape index (κ1) is 14.3. The summed E-state index contributed by atoms with van der Waals surface area (Å²) >= 11 is 0. The second-order valence-corrected chi connectivity index (χ2v) is 7.68. The molecule has 1 aliphatic carbocycles. The van der Waals surface area contributed by atoms with Gasteiger partial charge in [-0.3, -0.25) is 0 Å². The van der Waals surface area contributed by atoms with E-state index in [0.29, 0.717) is 15.7 Å². The second-order valence-electron chi connectivity index (χ2n) is 5.77. The number of rotatable bonds is 3. The van der Waals surface area contributed by atoms with Crippen molar-refractivity contribution < 1.29 is 8.42 Å². The molecule has 21 heavy (non-hydrogen) atoms. The summed E-state index contributed by atoms with van der Waals surface area (Å²) in [7, 11) is -3.42. The van der Waals surface area contributed by atoms with Gasteiger partial charge in [0.2, 0.25) is 9.84 Å². The van der Waals surface area contributed by atoms with Gasteiger partial charge in [-0.2, -0.15) is 0 Å². The smallest absolute Gasteiger partial charge is 0.206 e. The predicted molar refractivity (Wildman–Crippen MR) is 84.4 cm³/mol. The van der Waals surface area contributed by atoms with Crippen LogP contribution >= 0.6 is 0 Å². The van der Waals surface area contributed by atoms with Crippen LogP contribution in [-0.4, -0.2) is 8.42 Å². The van der Waals surface area contributed by atoms with E-state index in [1.54, 1.807) is 18.2 Å². The summed E-state index contributed by atoms with van der Waals surface area (Å²) in [6, 6.07) is 12.9. The minimum Gasteiger partial charge on any atom is -0.219 e. The third-order valence-electron chi connectivity index (χ3n) is 4.45. The second kappa shape index (κ2) is 5.30. The zero-order valence-corrected chi connectivity index (χ0v) is 13.3. The maximum absolute atomic E-state index is 12.9. The largest absolute Gasteiger partial charge is 0.219 e. The van der Waals surface area contributed by atoms with Gasteiger partial charge in [0.05, 0.1) is 9.79 Å². The fourth-order valence-electron chi connectivity index (χ4n) is 3.16. The van der Waals surface area contributed by atoms with Crippen LogP contribution in [0.2, 0.25) is 0 Å². The van der Waals surface area contributed by atoms with Gasteiger partial charge in [-0.25, -0.2) is 8.42 Å². The number of aryl methyl sites for hydroxylation is 2. The Morgan fingerprint density at radius 2 is 1.90 bits per heavy atom. The van der Waals surface area contributed by atoms with E-state index in [1.165, 1.54) is 11.1 Å². The van der Waals surface area contributed by atoms with E-state index in [4.69, 9.17) is 0 Å². The van der Waals surface area contributed by atoms with Crippen LogP contribution in [0.5, 0.6) is 0 Å². The van der Waals surface area contributed by atoms with Crippen molar-refractivity contribution >= 4 is 9.84 Å². The van der Waals surface area contributed by atoms with Crippen LogP contribution in [0.25, 0.3) is 0 Å². The maximum Gasteiger partial charge on any atom is 0.206 e. The molecule has 0 aliphatic heterocycles. The highest BCUT2D eigenvalue weighted by Gasteiger charge is 2.24. The molecular formula is C18H20O2S. The molecule has 0 saturated heterocycles. The molecular weight excluding hydrogens is 280 g/mol. The molecule has 0 saturated carbocycles. The Kier molecular flexibility index (Phi) is 3.62. The lowest BCUT2D eigenvalue weighted by Crippen LogP contribution is -2.06. The number of benzene rings is 2. The van der Waals surface area contributed by atoms with Crippen molar-refractivity contribution in [3.05, 3.63) is 59.2 Å². The molecule has 1 unspecified atom stereocenters. The molecule has 2 nitrogen and oxygen atoms in total. The molecule has 0 heterocycles. The lowest BCUT2D eigenvalue weighted by atomic mass is 10.0. The summed E-state index contributed by atoms with van der Waals surface area (Å²) < 4.78 is 25.8. The van der Waals surface area contributed by atoms with E-state index in [1.807, 2.05) is 31.2 Å². The van der Waals surface area contributed by atoms with E-state index in [2.05, 4.69) is 6.92 Å². The standard InChI is InChI=1S/C18H20O2S/c1-3-14-6-4-5-7-18(14)21(19,20)16-10-11-17-13(2)8-9-15(17)12-16/h4-7,10-13H,3,8-9H2,1-2H3. The molecule has 2 aromatic carbocycles. The van der Waals surface area contributed by atoms with Crippen molar-refractivity contribution in [1.29, 1.82) is 0 Å². The zero-order chi connectivity index (χ0) is 15.0. The molecule has 2 aromatic rings. The molecule has 1 aliphatic rings. The monoisotopic (exact) mass is 300 g/mol. The molecule has 3 heteroatoms. The molecule has 110 valence electrons. The molecule has 1 atom stereocenters. The van der Waals surface area contributed by atoms with Gasteiger partial charge in [0.1, 0.15) is 0 Å². The third kappa shape index (κ3) is 2.40. The number of hydrogen-bond donors (Lipinski definition) is 0. The first-order valence-corrected chi connectivity index (χ1v) is 8.98. The minimum atomic E-state index is -3.42. The zero-order valence-electron chi connectivity index (χ0n) is 12.5. The summed E-state index contributed by atoms with van der Waals surface area (Å²) in [6.07, 6.45) is 2.82. The van der Waals surface area contributed by atoms with Crippen molar-refractivity contribution in [2.24, 2.45) is 0 Å². The molecule has 0 amide bonds. The van der Waals surface area contributed by atoms with E-state index < -0.39 is 9.84 Å². The highest BCUT2D eigenvalue weighted by Crippen LogP contribution is 2.35. The van der Waals surface area contributed by atoms with Gasteiger partial charge in [0, 0.05) is 0 Å². The van der Waals surface area contributed by atoms with Gasteiger partial charge in [0.25, 0.3) is 0 Å². The van der Waals surface area contributed by atoms with Crippen LogP contribution in [0.4, 0.5) is 0 Å². The average Bonchev–Trinajstić information content (AvgIpc) is 2.88. The Hall–Kier alpha value is -1.61. The molecule has 0 N–H and O–H groups in total. The van der Waals surface area contributed by atoms with Crippen molar-refractivity contribution in [1.82, 2.24) is 0 Å². The van der Waals surface area contributed by atoms with Crippen molar-refractivity contribution in [3.8, 4) is 0 Å². The number of sulfone groups is 1. The topological polar surface area (TPSA) is 34.1 Å². The SMILES string of the molecule is CCc1ccccc1S(=O)(=O)c1ccc2c(c1)CCC2C. The highest BCUT2D eigenvalue weighted by molar-refractivity contribution is 7.91. The number of fused-ring (bicyclic) bond motifs is 1. The van der Waals surface area contributed by atoms with Crippen LogP contribution < -0.4 is 0 Å². The van der Waals surface area contributed by atoms with E-state index >= 15 is 0 Å². The maximum atomic E-state index is 12.9. The third-order valence-corrected chi connectivity index (χ3v) is 6.30. The summed E-state index contributed by atoms with van der Waals surface area (Å²) in [4.78, 5) is 0.870. The van der Waals surface area contributed by atoms with Crippen LogP contribution in [0, 0.1) is 0 Å². The number of hydrogen-bond acceptors (Lipinski definition) is 2. The Morgan fingerprint density at radius 3 is 2.67 bits per heavy atom. The summed E-state index contributed by atoms with van der Waals surface area (Å²) in [5.74, 6) is 0.541. The van der Waals surface area contributed by atoms with Crippen LogP contribution in [0.3, 0.4) is 0 Å². The lowest BCUT2D eigenvalue weighted by Gasteiger charge is -2.11. The Morgan fingerprint density at radius 1 is 1.14 bits per heavy atom. The van der Waals surface area contributed by atoms with Gasteiger partial charge in [-0.1, -0.05) is 38.1 Å². The Bertz CT molecular complexity index is 776. The first-order valence-electron chi connectivity index (χ1n) is 7.50. The molecule has 0 spiro atoms. The minimum absolute atomic E-state index is 0.427. The van der Waals surface area contributed by atoms with Gasteiger partial charge < -0.3 is 0 Å². The van der Waals surface area contributed by atoms with Crippen LogP contribution in [-0.2, 0) is 22.7 Å². The van der Waals surface area contributed by atoms with Gasteiger partial charge >= 0.3 is 0 Å². The molecule has 3 rings (SSSR count). The van der Waals surface area contributed by atoms with Crippen molar-refractivity contribution in [2.45, 2.75) is 48.8 Å². The summed E-state index contributed by atoms with van der Waals surface area (Å²) in [5.41, 5.74) is 3.38. The van der Waals surface area contributed by atoms with Gasteiger partial charge in [-0.05, 0) is 60.1 Å². The fourth-order valence-corrected chi connectivity index (χ4v) is 4.77. The summed E-state index contributed by atoms with van der Waals surface area (Å²) in [5, 5.41) is 0. The van der Waals surface area contributed by atoms with E-state index in [9.17, 15) is 8.42 Å². The summed E-state index contributed by atoms with van der Waals surface area (Å²) in [6.45, 7) is 4.19. The first-order chi connectivity index (χ1) is 10.0. The van der Waals surface area contributed by atoms with E-state index in [-0.39, 0.29) is 0 Å². The Labute approximate surface area is 126 Å². The molecule has 0 radical (unpaired) electrons. The normalized spacial score (nSPS) is 17.7. The fraction of sp³-hybridized carbons (Fsp3) is 0.333. The van der Waals surface area contributed by atoms with Crippen LogP contribution in [0.15, 0.2) is 52.3 Å². The van der Waals surface area contributed by atoms with Gasteiger partial charge in [-0.15, -0.1) is 0 Å². The van der Waals surface area contributed by atoms with E-state index in [0.717, 1.165) is 24.8 Å². The average molecular weight is 300 g/mol. The quantitative estimate of drug-likeness (QED) is 0.854.